The first-order valence-corrected chi connectivity index (χ1v) is 15.1. The molecule has 0 spiro atoms. The van der Waals surface area contributed by atoms with Gasteiger partial charge in [-0.15, -0.1) is 10.2 Å². The number of benzene rings is 4. The van der Waals surface area contributed by atoms with E-state index in [1.165, 1.54) is 21.9 Å². The van der Waals surface area contributed by atoms with Crippen LogP contribution in [-0.4, -0.2) is 24.7 Å². The molecule has 0 bridgehead atoms. The Morgan fingerprint density at radius 3 is 2.00 bits per heavy atom. The molecule has 0 saturated carbocycles. The molecular weight excluding hydrogens is 654 g/mol. The molecule has 6 nitrogen and oxygen atoms in total. The Balaban J connectivity index is 1.22. The van der Waals surface area contributed by atoms with Crippen LogP contribution >= 0.6 is 31.9 Å². The number of H-pyrrole nitrogens is 2. The van der Waals surface area contributed by atoms with E-state index in [4.69, 9.17) is 4.42 Å². The topological polar surface area (TPSA) is 75.4 Å². The highest BCUT2D eigenvalue weighted by Crippen LogP contribution is 2.41. The summed E-state index contributed by atoms with van der Waals surface area (Å²) in [5.74, 6) is 0.990. The molecule has 8 heteroatoms. The van der Waals surface area contributed by atoms with Gasteiger partial charge in [-0.25, -0.2) is 0 Å². The van der Waals surface area contributed by atoms with E-state index in [2.05, 4.69) is 142 Å². The molecular formula is C34H23Br2N5O. The minimum Gasteiger partial charge on any atom is -0.416 e. The van der Waals surface area contributed by atoms with Crippen molar-refractivity contribution < 1.29 is 4.42 Å². The quantitative estimate of drug-likeness (QED) is 0.191. The standard InChI is InChI=1S/C34H23Br2N5O/c1-41-18-28(23-4-2-3-5-31(23)41)34-40-39-33(42-34)20-8-6-19(7-9-20)32(26-16-37-29-12-10-21(35)14-24(26)29)27-17-38-30-13-11-22(36)15-25(27)30/h2-18,32,37-38H,1H3. The third kappa shape index (κ3) is 4.13. The van der Waals surface area contributed by atoms with Gasteiger partial charge in [-0.05, 0) is 71.3 Å². The highest BCUT2D eigenvalue weighted by atomic mass is 79.9. The van der Waals surface area contributed by atoms with Gasteiger partial charge < -0.3 is 19.0 Å². The van der Waals surface area contributed by atoms with Crippen molar-refractivity contribution in [2.24, 2.45) is 7.05 Å². The first kappa shape index (κ1) is 25.3. The normalized spacial score (nSPS) is 11.9. The zero-order chi connectivity index (χ0) is 28.4. The van der Waals surface area contributed by atoms with Gasteiger partial charge >= 0.3 is 0 Å². The van der Waals surface area contributed by atoms with Crippen molar-refractivity contribution >= 4 is 64.6 Å². The number of halogens is 2. The summed E-state index contributed by atoms with van der Waals surface area (Å²) in [5, 5.41) is 12.3. The maximum absolute atomic E-state index is 6.21. The van der Waals surface area contributed by atoms with Gasteiger partial charge in [0, 0.05) is 78.8 Å². The summed E-state index contributed by atoms with van der Waals surface area (Å²) in [4.78, 5) is 6.96. The van der Waals surface area contributed by atoms with Crippen LogP contribution in [0.5, 0.6) is 0 Å². The average Bonchev–Trinajstić information content (AvgIpc) is 3.80. The molecule has 0 aliphatic carbocycles. The van der Waals surface area contributed by atoms with Gasteiger partial charge in [0.25, 0.3) is 0 Å². The SMILES string of the molecule is Cn1cc(-c2nnc(-c3ccc(C(c4c[nH]c5ccc(Br)cc45)c4c[nH]c5ccc(Br)cc45)cc3)o2)c2ccccc21. The fourth-order valence-corrected chi connectivity index (χ4v) is 6.73. The summed E-state index contributed by atoms with van der Waals surface area (Å²) in [5.41, 5.74) is 8.70. The van der Waals surface area contributed by atoms with Crippen molar-refractivity contribution in [3.05, 3.63) is 129 Å². The van der Waals surface area contributed by atoms with Crippen LogP contribution in [0.4, 0.5) is 0 Å². The molecule has 4 aromatic heterocycles. The third-order valence-corrected chi connectivity index (χ3v) is 9.00. The predicted octanol–water partition coefficient (Wildman–Crippen LogP) is 9.56. The molecule has 0 atom stereocenters. The monoisotopic (exact) mass is 675 g/mol. The van der Waals surface area contributed by atoms with Crippen molar-refractivity contribution in [3.8, 4) is 22.9 Å². The Morgan fingerprint density at radius 1 is 0.714 bits per heavy atom. The molecule has 0 aliphatic heterocycles. The first-order valence-electron chi connectivity index (χ1n) is 13.5. The second kappa shape index (κ2) is 9.86. The van der Waals surface area contributed by atoms with Crippen LogP contribution in [0.1, 0.15) is 22.6 Å². The van der Waals surface area contributed by atoms with Crippen molar-refractivity contribution in [2.45, 2.75) is 5.92 Å². The second-order valence-electron chi connectivity index (χ2n) is 10.5. The van der Waals surface area contributed by atoms with Gasteiger partial charge in [0.15, 0.2) is 0 Å². The molecule has 0 aliphatic rings. The number of fused-ring (bicyclic) bond motifs is 3. The molecule has 2 N–H and O–H groups in total. The Bertz CT molecular complexity index is 2170. The minimum atomic E-state index is -0.0147. The summed E-state index contributed by atoms with van der Waals surface area (Å²) < 4.78 is 10.4. The molecule has 8 aromatic rings. The van der Waals surface area contributed by atoms with E-state index >= 15 is 0 Å². The molecule has 0 saturated heterocycles. The molecule has 204 valence electrons. The fourth-order valence-electron chi connectivity index (χ4n) is 6.01. The largest absolute Gasteiger partial charge is 0.416 e. The van der Waals surface area contributed by atoms with Crippen molar-refractivity contribution in [3.63, 3.8) is 0 Å². The smallest absolute Gasteiger partial charge is 0.250 e. The van der Waals surface area contributed by atoms with E-state index in [1.54, 1.807) is 0 Å². The van der Waals surface area contributed by atoms with Crippen LogP contribution in [0.25, 0.3) is 55.6 Å². The Labute approximate surface area is 257 Å². The number of aromatic nitrogens is 5. The minimum absolute atomic E-state index is 0.0147. The maximum atomic E-state index is 6.21. The van der Waals surface area contributed by atoms with Gasteiger partial charge in [0.1, 0.15) is 0 Å². The molecule has 0 unspecified atom stereocenters. The number of nitrogens with one attached hydrogen (secondary N) is 2. The van der Waals surface area contributed by atoms with Gasteiger partial charge in [-0.3, -0.25) is 0 Å². The van der Waals surface area contributed by atoms with Crippen LogP contribution in [0, 0.1) is 0 Å². The van der Waals surface area contributed by atoms with Gasteiger partial charge in [-0.1, -0.05) is 62.2 Å². The number of aromatic amines is 2. The zero-order valence-corrected chi connectivity index (χ0v) is 25.6. The number of hydrogen-bond donors (Lipinski definition) is 2. The summed E-state index contributed by atoms with van der Waals surface area (Å²) in [7, 11) is 2.02. The van der Waals surface area contributed by atoms with Gasteiger partial charge in [0.2, 0.25) is 11.8 Å². The van der Waals surface area contributed by atoms with Crippen molar-refractivity contribution in [1.82, 2.24) is 24.7 Å². The molecule has 4 heterocycles. The maximum Gasteiger partial charge on any atom is 0.250 e. The van der Waals surface area contributed by atoms with Crippen LogP contribution in [0.2, 0.25) is 0 Å². The highest BCUT2D eigenvalue weighted by molar-refractivity contribution is 9.10. The van der Waals surface area contributed by atoms with E-state index < -0.39 is 0 Å². The second-order valence-corrected chi connectivity index (χ2v) is 12.3. The summed E-state index contributed by atoms with van der Waals surface area (Å²) in [6.07, 6.45) is 6.29. The summed E-state index contributed by atoms with van der Waals surface area (Å²) in [6.45, 7) is 0. The van der Waals surface area contributed by atoms with Gasteiger partial charge in [-0.2, -0.15) is 0 Å². The van der Waals surface area contributed by atoms with Crippen molar-refractivity contribution in [2.75, 3.05) is 0 Å². The van der Waals surface area contributed by atoms with E-state index in [9.17, 15) is 0 Å². The van der Waals surface area contributed by atoms with Crippen molar-refractivity contribution in [1.29, 1.82) is 0 Å². The third-order valence-electron chi connectivity index (χ3n) is 8.02. The number of nitrogens with zero attached hydrogens (tertiary/aromatic N) is 3. The Kier molecular flexibility index (Phi) is 5.94. The van der Waals surface area contributed by atoms with E-state index in [1.807, 2.05) is 25.4 Å². The lowest BCUT2D eigenvalue weighted by Gasteiger charge is -2.18. The number of aryl methyl sites for hydroxylation is 1. The van der Waals surface area contributed by atoms with Crippen LogP contribution in [0.15, 0.2) is 117 Å². The number of rotatable bonds is 5. The lowest BCUT2D eigenvalue weighted by Crippen LogP contribution is -2.02. The van der Waals surface area contributed by atoms with Crippen LogP contribution in [-0.2, 0) is 7.05 Å². The molecule has 8 rings (SSSR count). The Morgan fingerprint density at radius 2 is 1.33 bits per heavy atom. The van der Waals surface area contributed by atoms with E-state index in [-0.39, 0.29) is 5.92 Å². The number of para-hydroxylation sites is 1. The highest BCUT2D eigenvalue weighted by Gasteiger charge is 2.24. The molecule has 4 aromatic carbocycles. The molecule has 0 amide bonds. The number of hydrogen-bond acceptors (Lipinski definition) is 3. The summed E-state index contributed by atoms with van der Waals surface area (Å²) >= 11 is 7.35. The lowest BCUT2D eigenvalue weighted by molar-refractivity contribution is 0.585. The first-order chi connectivity index (χ1) is 20.5. The lowest BCUT2D eigenvalue weighted by atomic mass is 9.84. The van der Waals surface area contributed by atoms with E-state index in [0.29, 0.717) is 11.8 Å². The van der Waals surface area contributed by atoms with Crippen LogP contribution < -0.4 is 0 Å². The zero-order valence-electron chi connectivity index (χ0n) is 22.4. The Hall–Kier alpha value is -4.40. The fraction of sp³-hybridized carbons (Fsp3) is 0.0588. The predicted molar refractivity (Wildman–Crippen MR) is 175 cm³/mol. The van der Waals surface area contributed by atoms with Crippen LogP contribution in [0.3, 0.4) is 0 Å². The van der Waals surface area contributed by atoms with Gasteiger partial charge in [0.05, 0.1) is 5.56 Å². The summed E-state index contributed by atoms with van der Waals surface area (Å²) in [6, 6.07) is 29.4. The molecule has 0 radical (unpaired) electrons. The molecule has 0 fully saturated rings. The molecule has 42 heavy (non-hydrogen) atoms. The van der Waals surface area contributed by atoms with E-state index in [0.717, 1.165) is 47.6 Å². The average molecular weight is 677 g/mol.